The van der Waals surface area contributed by atoms with Gasteiger partial charge in [0.25, 0.3) is 5.91 Å². The van der Waals surface area contributed by atoms with Gasteiger partial charge in [-0.2, -0.15) is 0 Å². The van der Waals surface area contributed by atoms with E-state index >= 15 is 0 Å². The Hall–Kier alpha value is -3.10. The van der Waals surface area contributed by atoms with Crippen molar-refractivity contribution in [2.45, 2.75) is 19.8 Å². The summed E-state index contributed by atoms with van der Waals surface area (Å²) in [6.07, 6.45) is 4.42. The first kappa shape index (κ1) is 17.7. The van der Waals surface area contributed by atoms with Crippen LogP contribution >= 0.6 is 0 Å². The molecule has 1 fully saturated rings. The number of rotatable bonds is 4. The number of aromatic nitrogens is 1. The molecule has 9 nitrogen and oxygen atoms in total. The molecular formula is C17H20N4O5. The number of likely N-dealkylation sites (tertiary alicyclic amines) is 1. The number of carbonyl (C=O) groups is 3. The van der Waals surface area contributed by atoms with Gasteiger partial charge < -0.3 is 19.2 Å². The topological polar surface area (TPSA) is 118 Å². The molecule has 1 saturated heterocycles. The predicted molar refractivity (Wildman–Crippen MR) is 90.2 cm³/mol. The molecule has 138 valence electrons. The van der Waals surface area contributed by atoms with Gasteiger partial charge in [0.2, 0.25) is 0 Å². The minimum Gasteiger partial charge on any atom is -0.472 e. The third-order valence-corrected chi connectivity index (χ3v) is 4.30. The Morgan fingerprint density at radius 2 is 2.04 bits per heavy atom. The van der Waals surface area contributed by atoms with Crippen LogP contribution in [0.2, 0.25) is 0 Å². The number of nitrogens with one attached hydrogen (secondary N) is 2. The van der Waals surface area contributed by atoms with Crippen molar-refractivity contribution in [2.75, 3.05) is 25.0 Å². The highest BCUT2D eigenvalue weighted by molar-refractivity contribution is 6.39. The molecule has 0 saturated carbocycles. The Bertz CT molecular complexity index is 775. The second-order valence-corrected chi connectivity index (χ2v) is 6.23. The van der Waals surface area contributed by atoms with Gasteiger partial charge in [-0.1, -0.05) is 5.16 Å². The van der Waals surface area contributed by atoms with E-state index < -0.39 is 11.8 Å². The number of carbonyl (C=O) groups excluding carboxylic acids is 3. The Morgan fingerprint density at radius 3 is 2.65 bits per heavy atom. The lowest BCUT2D eigenvalue weighted by Crippen LogP contribution is -2.43. The van der Waals surface area contributed by atoms with Gasteiger partial charge in [-0.05, 0) is 31.7 Å². The first-order chi connectivity index (χ1) is 12.5. The van der Waals surface area contributed by atoms with Gasteiger partial charge in [0.15, 0.2) is 5.82 Å². The summed E-state index contributed by atoms with van der Waals surface area (Å²) in [5.74, 6) is -0.599. The van der Waals surface area contributed by atoms with Gasteiger partial charge >= 0.3 is 11.8 Å². The van der Waals surface area contributed by atoms with Gasteiger partial charge in [-0.25, -0.2) is 0 Å². The zero-order valence-electron chi connectivity index (χ0n) is 14.4. The molecule has 0 atom stereocenters. The average molecular weight is 360 g/mol. The van der Waals surface area contributed by atoms with Crippen LogP contribution < -0.4 is 10.6 Å². The van der Waals surface area contributed by atoms with Crippen molar-refractivity contribution >= 4 is 23.5 Å². The summed E-state index contributed by atoms with van der Waals surface area (Å²) < 4.78 is 9.76. The molecule has 0 radical (unpaired) electrons. The molecule has 3 amide bonds. The Kier molecular flexibility index (Phi) is 5.35. The van der Waals surface area contributed by atoms with Crippen LogP contribution in [0.5, 0.6) is 0 Å². The number of hydrogen-bond acceptors (Lipinski definition) is 6. The third kappa shape index (κ3) is 4.29. The number of hydrogen-bond donors (Lipinski definition) is 2. The Labute approximate surface area is 149 Å². The quantitative estimate of drug-likeness (QED) is 0.791. The fourth-order valence-corrected chi connectivity index (χ4v) is 2.82. The largest absolute Gasteiger partial charge is 0.472 e. The van der Waals surface area contributed by atoms with E-state index in [-0.39, 0.29) is 17.6 Å². The van der Waals surface area contributed by atoms with E-state index in [1.165, 1.54) is 18.6 Å². The zero-order chi connectivity index (χ0) is 18.5. The van der Waals surface area contributed by atoms with E-state index in [4.69, 9.17) is 8.94 Å². The van der Waals surface area contributed by atoms with Gasteiger partial charge in [0.05, 0.1) is 11.8 Å². The van der Waals surface area contributed by atoms with Crippen LogP contribution in [0, 0.1) is 12.8 Å². The second kappa shape index (κ2) is 7.85. The molecule has 1 aliphatic heterocycles. The highest BCUT2D eigenvalue weighted by Crippen LogP contribution is 2.18. The minimum atomic E-state index is -0.786. The van der Waals surface area contributed by atoms with Crippen molar-refractivity contribution in [3.05, 3.63) is 36.0 Å². The number of nitrogens with zero attached hydrogens (tertiary/aromatic N) is 2. The standard InChI is InChI=1S/C17H20N4O5/c1-11-8-14(20-26-11)19-16(23)15(22)18-9-12-2-5-21(6-3-12)17(24)13-4-7-25-10-13/h4,7-8,10,12H,2-3,5-6,9H2,1H3,(H,18,22)(H,19,20,23). The van der Waals surface area contributed by atoms with Crippen LogP contribution in [-0.2, 0) is 9.59 Å². The van der Waals surface area contributed by atoms with Crippen LogP contribution in [-0.4, -0.2) is 47.4 Å². The van der Waals surface area contributed by atoms with Crippen LogP contribution in [0.3, 0.4) is 0 Å². The van der Waals surface area contributed by atoms with Crippen molar-refractivity contribution < 1.29 is 23.3 Å². The number of amides is 3. The van der Waals surface area contributed by atoms with Crippen LogP contribution in [0.15, 0.2) is 33.6 Å². The molecule has 3 rings (SSSR count). The van der Waals surface area contributed by atoms with Crippen molar-refractivity contribution in [1.29, 1.82) is 0 Å². The normalized spacial score (nSPS) is 14.9. The fraction of sp³-hybridized carbons (Fsp3) is 0.412. The maximum Gasteiger partial charge on any atom is 0.314 e. The zero-order valence-corrected chi connectivity index (χ0v) is 14.4. The summed E-state index contributed by atoms with van der Waals surface area (Å²) in [5.41, 5.74) is 0.538. The average Bonchev–Trinajstić information content (AvgIpc) is 3.31. The third-order valence-electron chi connectivity index (χ3n) is 4.30. The lowest BCUT2D eigenvalue weighted by Gasteiger charge is -2.31. The summed E-state index contributed by atoms with van der Waals surface area (Å²) >= 11 is 0. The smallest absolute Gasteiger partial charge is 0.314 e. The SMILES string of the molecule is Cc1cc(NC(=O)C(=O)NCC2CCN(C(=O)c3ccoc3)CC2)no1. The van der Waals surface area contributed by atoms with Crippen molar-refractivity contribution in [2.24, 2.45) is 5.92 Å². The number of furan rings is 1. The maximum absolute atomic E-state index is 12.2. The molecule has 1 aliphatic rings. The molecule has 9 heteroatoms. The van der Waals surface area contributed by atoms with Crippen LogP contribution in [0.25, 0.3) is 0 Å². The van der Waals surface area contributed by atoms with Gasteiger partial charge in [-0.3, -0.25) is 19.7 Å². The van der Waals surface area contributed by atoms with E-state index in [1.807, 2.05) is 0 Å². The summed E-state index contributed by atoms with van der Waals surface area (Å²) in [6, 6.07) is 3.17. The van der Waals surface area contributed by atoms with Crippen LogP contribution in [0.4, 0.5) is 5.82 Å². The summed E-state index contributed by atoms with van der Waals surface area (Å²) in [6.45, 7) is 3.29. The van der Waals surface area contributed by atoms with E-state index in [0.29, 0.717) is 31.0 Å². The monoisotopic (exact) mass is 360 g/mol. The molecule has 0 unspecified atom stereocenters. The van der Waals surface area contributed by atoms with Crippen molar-refractivity contribution in [3.63, 3.8) is 0 Å². The molecule has 2 N–H and O–H groups in total. The predicted octanol–water partition coefficient (Wildman–Crippen LogP) is 1.18. The van der Waals surface area contributed by atoms with Gasteiger partial charge in [0, 0.05) is 25.7 Å². The molecular weight excluding hydrogens is 340 g/mol. The molecule has 26 heavy (non-hydrogen) atoms. The fourth-order valence-electron chi connectivity index (χ4n) is 2.82. The first-order valence-corrected chi connectivity index (χ1v) is 8.37. The van der Waals surface area contributed by atoms with E-state index in [0.717, 1.165) is 12.8 Å². The molecule has 2 aromatic heterocycles. The first-order valence-electron chi connectivity index (χ1n) is 8.37. The molecule has 0 spiro atoms. The summed E-state index contributed by atoms with van der Waals surface area (Å²) in [4.78, 5) is 37.7. The number of anilines is 1. The van der Waals surface area contributed by atoms with E-state index in [9.17, 15) is 14.4 Å². The molecule has 0 bridgehead atoms. The minimum absolute atomic E-state index is 0.0523. The molecule has 3 heterocycles. The highest BCUT2D eigenvalue weighted by atomic mass is 16.5. The van der Waals surface area contributed by atoms with Gasteiger partial charge in [0.1, 0.15) is 12.0 Å². The second-order valence-electron chi connectivity index (χ2n) is 6.23. The lowest BCUT2D eigenvalue weighted by molar-refractivity contribution is -0.136. The van der Waals surface area contributed by atoms with Crippen LogP contribution in [0.1, 0.15) is 29.0 Å². The maximum atomic E-state index is 12.2. The Morgan fingerprint density at radius 1 is 1.27 bits per heavy atom. The summed E-state index contributed by atoms with van der Waals surface area (Å²) in [7, 11) is 0. The van der Waals surface area contributed by atoms with Gasteiger partial charge in [-0.15, -0.1) is 0 Å². The van der Waals surface area contributed by atoms with Crippen molar-refractivity contribution in [1.82, 2.24) is 15.4 Å². The van der Waals surface area contributed by atoms with E-state index in [1.54, 1.807) is 17.9 Å². The number of piperidine rings is 1. The van der Waals surface area contributed by atoms with E-state index in [2.05, 4.69) is 15.8 Å². The molecule has 2 aromatic rings. The Balaban J connectivity index is 1.40. The summed E-state index contributed by atoms with van der Waals surface area (Å²) in [5, 5.41) is 8.60. The highest BCUT2D eigenvalue weighted by Gasteiger charge is 2.25. The number of aryl methyl sites for hydroxylation is 1. The lowest BCUT2D eigenvalue weighted by atomic mass is 9.96. The van der Waals surface area contributed by atoms with Crippen molar-refractivity contribution in [3.8, 4) is 0 Å². The molecule has 0 aliphatic carbocycles. The molecule has 0 aromatic carbocycles.